The summed E-state index contributed by atoms with van der Waals surface area (Å²) in [6, 6.07) is 6.83. The minimum atomic E-state index is -3.47. The first-order chi connectivity index (χ1) is 11.9. The molecule has 0 radical (unpaired) electrons. The number of sulfonamides is 1. The summed E-state index contributed by atoms with van der Waals surface area (Å²) >= 11 is 0. The maximum atomic E-state index is 12.2. The van der Waals surface area contributed by atoms with Gasteiger partial charge in [0.25, 0.3) is 0 Å². The fourth-order valence-corrected chi connectivity index (χ4v) is 4.02. The lowest BCUT2D eigenvalue weighted by Gasteiger charge is -2.41. The molecule has 148 valence electrons. The van der Waals surface area contributed by atoms with Gasteiger partial charge in [-0.05, 0) is 43.7 Å². The van der Waals surface area contributed by atoms with Crippen LogP contribution in [0.5, 0.6) is 0 Å². The SMILES string of the molecule is CCC1(CNC(=NC)NCCNS(=O)(=O)c2ccc(C)cc2)CCC1.I. The topological polar surface area (TPSA) is 82.6 Å². The maximum Gasteiger partial charge on any atom is 0.240 e. The van der Waals surface area contributed by atoms with Gasteiger partial charge in [-0.15, -0.1) is 24.0 Å². The highest BCUT2D eigenvalue weighted by atomic mass is 127. The molecular formula is C18H31IN4O2S. The number of benzene rings is 1. The zero-order valence-corrected chi connectivity index (χ0v) is 19.0. The summed E-state index contributed by atoms with van der Waals surface area (Å²) < 4.78 is 27.0. The first kappa shape index (κ1) is 23.2. The number of aliphatic imine (C=N–C) groups is 1. The third-order valence-electron chi connectivity index (χ3n) is 5.06. The van der Waals surface area contributed by atoms with Gasteiger partial charge in [0.05, 0.1) is 4.90 Å². The van der Waals surface area contributed by atoms with Crippen LogP contribution in [-0.4, -0.2) is 41.1 Å². The molecule has 0 amide bonds. The molecule has 1 fully saturated rings. The minimum absolute atomic E-state index is 0. The van der Waals surface area contributed by atoms with Crippen molar-refractivity contribution in [2.45, 2.75) is 44.4 Å². The molecule has 0 spiro atoms. The Kier molecular flexibility index (Phi) is 9.32. The third-order valence-corrected chi connectivity index (χ3v) is 6.54. The second-order valence-electron chi connectivity index (χ2n) is 6.77. The molecule has 0 saturated heterocycles. The monoisotopic (exact) mass is 494 g/mol. The van der Waals surface area contributed by atoms with Crippen LogP contribution in [0.1, 0.15) is 38.2 Å². The summed E-state index contributed by atoms with van der Waals surface area (Å²) in [7, 11) is -1.74. The number of guanidine groups is 1. The summed E-state index contributed by atoms with van der Waals surface area (Å²) in [6.45, 7) is 5.85. The summed E-state index contributed by atoms with van der Waals surface area (Å²) in [5, 5.41) is 6.52. The maximum absolute atomic E-state index is 12.2. The standard InChI is InChI=1S/C18H30N4O2S.HI/c1-4-18(10-5-11-18)14-21-17(19-3)20-12-13-22-25(23,24)16-8-6-15(2)7-9-16;/h6-9,22H,4-5,10-14H2,1-3H3,(H2,19,20,21);1H. The molecule has 0 unspecified atom stereocenters. The van der Waals surface area contributed by atoms with Gasteiger partial charge in [-0.2, -0.15) is 0 Å². The van der Waals surface area contributed by atoms with E-state index in [1.165, 1.54) is 25.7 Å². The van der Waals surface area contributed by atoms with Crippen LogP contribution < -0.4 is 15.4 Å². The molecule has 1 saturated carbocycles. The van der Waals surface area contributed by atoms with E-state index in [-0.39, 0.29) is 28.9 Å². The van der Waals surface area contributed by atoms with E-state index >= 15 is 0 Å². The number of aryl methyl sites for hydroxylation is 1. The van der Waals surface area contributed by atoms with Crippen LogP contribution in [0.2, 0.25) is 0 Å². The Bertz CT molecular complexity index is 680. The first-order valence-electron chi connectivity index (χ1n) is 8.92. The van der Waals surface area contributed by atoms with Crippen LogP contribution in [-0.2, 0) is 10.0 Å². The van der Waals surface area contributed by atoms with Crippen LogP contribution >= 0.6 is 24.0 Å². The van der Waals surface area contributed by atoms with E-state index in [4.69, 9.17) is 0 Å². The van der Waals surface area contributed by atoms with Gasteiger partial charge >= 0.3 is 0 Å². The molecule has 1 aromatic carbocycles. The van der Waals surface area contributed by atoms with Gasteiger partial charge in [0, 0.05) is 26.7 Å². The van der Waals surface area contributed by atoms with Gasteiger partial charge < -0.3 is 10.6 Å². The smallest absolute Gasteiger partial charge is 0.240 e. The molecular weight excluding hydrogens is 463 g/mol. The fourth-order valence-electron chi connectivity index (χ4n) is 2.99. The molecule has 1 aliphatic carbocycles. The van der Waals surface area contributed by atoms with E-state index in [0.29, 0.717) is 24.5 Å². The molecule has 0 atom stereocenters. The molecule has 0 bridgehead atoms. The van der Waals surface area contributed by atoms with Gasteiger partial charge in [-0.1, -0.05) is 31.0 Å². The van der Waals surface area contributed by atoms with E-state index in [0.717, 1.165) is 12.1 Å². The van der Waals surface area contributed by atoms with E-state index in [9.17, 15) is 8.42 Å². The highest BCUT2D eigenvalue weighted by Crippen LogP contribution is 2.42. The van der Waals surface area contributed by atoms with Gasteiger partial charge in [0.15, 0.2) is 5.96 Å². The van der Waals surface area contributed by atoms with Crippen molar-refractivity contribution < 1.29 is 8.42 Å². The van der Waals surface area contributed by atoms with Crippen LogP contribution in [0, 0.1) is 12.3 Å². The molecule has 0 aromatic heterocycles. The quantitative estimate of drug-likeness (QED) is 0.225. The number of nitrogens with one attached hydrogen (secondary N) is 3. The van der Waals surface area contributed by atoms with Crippen molar-refractivity contribution in [2.75, 3.05) is 26.7 Å². The zero-order chi connectivity index (χ0) is 18.3. The van der Waals surface area contributed by atoms with Crippen molar-refractivity contribution in [1.82, 2.24) is 15.4 Å². The highest BCUT2D eigenvalue weighted by Gasteiger charge is 2.34. The summed E-state index contributed by atoms with van der Waals surface area (Å²) in [4.78, 5) is 4.49. The Morgan fingerprint density at radius 2 is 1.81 bits per heavy atom. The Balaban J connectivity index is 0.00000338. The fraction of sp³-hybridized carbons (Fsp3) is 0.611. The minimum Gasteiger partial charge on any atom is -0.356 e. The lowest BCUT2D eigenvalue weighted by atomic mass is 9.67. The Labute approximate surface area is 174 Å². The normalized spacial score (nSPS) is 16.3. The van der Waals surface area contributed by atoms with Gasteiger partial charge in [-0.3, -0.25) is 4.99 Å². The molecule has 26 heavy (non-hydrogen) atoms. The van der Waals surface area contributed by atoms with Crippen molar-refractivity contribution in [3.63, 3.8) is 0 Å². The Morgan fingerprint density at radius 1 is 1.15 bits per heavy atom. The van der Waals surface area contributed by atoms with E-state index in [1.807, 2.05) is 6.92 Å². The van der Waals surface area contributed by atoms with E-state index in [2.05, 4.69) is 27.3 Å². The molecule has 2 rings (SSSR count). The van der Waals surface area contributed by atoms with Crippen molar-refractivity contribution in [1.29, 1.82) is 0 Å². The summed E-state index contributed by atoms with van der Waals surface area (Å²) in [6.07, 6.45) is 5.02. The van der Waals surface area contributed by atoms with Gasteiger partial charge in [-0.25, -0.2) is 13.1 Å². The van der Waals surface area contributed by atoms with Crippen LogP contribution in [0.25, 0.3) is 0 Å². The van der Waals surface area contributed by atoms with Crippen molar-refractivity contribution >= 4 is 40.0 Å². The number of nitrogens with zero attached hydrogens (tertiary/aromatic N) is 1. The van der Waals surface area contributed by atoms with Crippen molar-refractivity contribution in [3.8, 4) is 0 Å². The van der Waals surface area contributed by atoms with E-state index in [1.54, 1.807) is 31.3 Å². The largest absolute Gasteiger partial charge is 0.356 e. The zero-order valence-electron chi connectivity index (χ0n) is 15.8. The number of hydrogen-bond acceptors (Lipinski definition) is 3. The second kappa shape index (κ2) is 10.5. The van der Waals surface area contributed by atoms with Gasteiger partial charge in [0.1, 0.15) is 0 Å². The van der Waals surface area contributed by atoms with Crippen molar-refractivity contribution in [3.05, 3.63) is 29.8 Å². The number of rotatable bonds is 8. The van der Waals surface area contributed by atoms with Crippen LogP contribution in [0.3, 0.4) is 0 Å². The Hall–Kier alpha value is -0.870. The molecule has 6 nitrogen and oxygen atoms in total. The Morgan fingerprint density at radius 3 is 2.31 bits per heavy atom. The third kappa shape index (κ3) is 6.38. The molecule has 0 heterocycles. The molecule has 8 heteroatoms. The number of hydrogen-bond donors (Lipinski definition) is 3. The van der Waals surface area contributed by atoms with Crippen LogP contribution in [0.15, 0.2) is 34.2 Å². The average Bonchev–Trinajstić information content (AvgIpc) is 2.56. The van der Waals surface area contributed by atoms with Gasteiger partial charge in [0.2, 0.25) is 10.0 Å². The summed E-state index contributed by atoms with van der Waals surface area (Å²) in [5.74, 6) is 0.717. The highest BCUT2D eigenvalue weighted by molar-refractivity contribution is 14.0. The van der Waals surface area contributed by atoms with Crippen molar-refractivity contribution in [2.24, 2.45) is 10.4 Å². The van der Waals surface area contributed by atoms with E-state index < -0.39 is 10.0 Å². The summed E-state index contributed by atoms with van der Waals surface area (Å²) in [5.41, 5.74) is 1.44. The molecule has 3 N–H and O–H groups in total. The lowest BCUT2D eigenvalue weighted by molar-refractivity contribution is 0.131. The first-order valence-corrected chi connectivity index (χ1v) is 10.4. The predicted octanol–water partition coefficient (Wildman–Crippen LogP) is 2.64. The molecule has 0 aliphatic heterocycles. The second-order valence-corrected chi connectivity index (χ2v) is 8.54. The molecule has 1 aliphatic rings. The molecule has 1 aromatic rings. The van der Waals surface area contributed by atoms with Crippen LogP contribution in [0.4, 0.5) is 0 Å². The predicted molar refractivity (Wildman–Crippen MR) is 118 cm³/mol. The lowest BCUT2D eigenvalue weighted by Crippen LogP contribution is -2.47. The number of halogens is 1. The average molecular weight is 494 g/mol.